The maximum absolute atomic E-state index is 12.5. The molecule has 26 heavy (non-hydrogen) atoms. The first-order valence-corrected chi connectivity index (χ1v) is 8.92. The van der Waals surface area contributed by atoms with Crippen molar-refractivity contribution in [1.29, 1.82) is 0 Å². The van der Waals surface area contributed by atoms with Crippen molar-refractivity contribution in [2.75, 3.05) is 10.6 Å². The van der Waals surface area contributed by atoms with Crippen LogP contribution in [-0.2, 0) is 9.59 Å². The van der Waals surface area contributed by atoms with Crippen LogP contribution >= 0.6 is 11.3 Å². The third-order valence-electron chi connectivity index (χ3n) is 4.13. The first-order valence-electron chi connectivity index (χ1n) is 8.04. The Kier molecular flexibility index (Phi) is 5.43. The number of amides is 2. The van der Waals surface area contributed by atoms with Crippen LogP contribution in [0.5, 0.6) is 0 Å². The minimum atomic E-state index is -0.980. The van der Waals surface area contributed by atoms with Crippen molar-refractivity contribution in [1.82, 2.24) is 4.98 Å². The van der Waals surface area contributed by atoms with E-state index in [1.54, 1.807) is 41.9 Å². The summed E-state index contributed by atoms with van der Waals surface area (Å²) in [5.41, 5.74) is 0.816. The van der Waals surface area contributed by atoms with Gasteiger partial charge in [0.15, 0.2) is 5.13 Å². The van der Waals surface area contributed by atoms with E-state index in [4.69, 9.17) is 0 Å². The van der Waals surface area contributed by atoms with E-state index in [2.05, 4.69) is 15.6 Å². The minimum absolute atomic E-state index is 0.333. The number of nitrogens with one attached hydrogen (secondary N) is 2. The predicted octanol–water partition coefficient (Wildman–Crippen LogP) is 3.00. The van der Waals surface area contributed by atoms with E-state index in [1.807, 2.05) is 6.08 Å². The number of allylic oxidation sites excluding steroid dienone is 2. The van der Waals surface area contributed by atoms with E-state index in [0.717, 1.165) is 0 Å². The highest BCUT2D eigenvalue weighted by molar-refractivity contribution is 7.13. The van der Waals surface area contributed by atoms with Crippen molar-refractivity contribution in [3.05, 3.63) is 53.6 Å². The molecule has 2 amide bonds. The van der Waals surface area contributed by atoms with Gasteiger partial charge >= 0.3 is 5.97 Å². The number of hydrogen-bond acceptors (Lipinski definition) is 5. The fourth-order valence-electron chi connectivity index (χ4n) is 2.80. The lowest BCUT2D eigenvalue weighted by Crippen LogP contribution is -2.34. The summed E-state index contributed by atoms with van der Waals surface area (Å²) < 4.78 is 0. The van der Waals surface area contributed by atoms with Gasteiger partial charge in [-0.1, -0.05) is 18.2 Å². The lowest BCUT2D eigenvalue weighted by atomic mass is 9.82. The van der Waals surface area contributed by atoms with E-state index in [1.165, 1.54) is 11.3 Å². The number of hydrogen-bond donors (Lipinski definition) is 3. The number of carbonyl (C=O) groups excluding carboxylic acids is 2. The summed E-state index contributed by atoms with van der Waals surface area (Å²) >= 11 is 1.31. The van der Waals surface area contributed by atoms with Crippen molar-refractivity contribution in [2.24, 2.45) is 11.8 Å². The Morgan fingerprint density at radius 3 is 2.58 bits per heavy atom. The number of benzene rings is 1. The van der Waals surface area contributed by atoms with Crippen molar-refractivity contribution in [3.8, 4) is 0 Å². The third kappa shape index (κ3) is 4.15. The van der Waals surface area contributed by atoms with E-state index in [-0.39, 0.29) is 11.8 Å². The van der Waals surface area contributed by atoms with Gasteiger partial charge in [-0.15, -0.1) is 11.3 Å². The van der Waals surface area contributed by atoms with Crippen LogP contribution in [0.25, 0.3) is 0 Å². The van der Waals surface area contributed by atoms with E-state index < -0.39 is 17.8 Å². The fraction of sp³-hybridized carbons (Fsp3) is 0.222. The van der Waals surface area contributed by atoms with E-state index in [9.17, 15) is 19.5 Å². The van der Waals surface area contributed by atoms with Crippen LogP contribution in [0.15, 0.2) is 48.0 Å². The van der Waals surface area contributed by atoms with Crippen LogP contribution in [0, 0.1) is 11.8 Å². The van der Waals surface area contributed by atoms with Gasteiger partial charge < -0.3 is 10.4 Å². The molecular formula is C18H17N3O4S. The van der Waals surface area contributed by atoms with Crippen molar-refractivity contribution in [3.63, 3.8) is 0 Å². The maximum Gasteiger partial charge on any atom is 0.307 e. The number of carbonyl (C=O) groups is 3. The molecule has 134 valence electrons. The second-order valence-corrected chi connectivity index (χ2v) is 6.75. The number of anilines is 2. The molecule has 0 bridgehead atoms. The van der Waals surface area contributed by atoms with Gasteiger partial charge in [-0.05, 0) is 31.0 Å². The van der Waals surface area contributed by atoms with Crippen molar-refractivity contribution < 1.29 is 19.5 Å². The van der Waals surface area contributed by atoms with Gasteiger partial charge in [0.2, 0.25) is 5.91 Å². The zero-order valence-corrected chi connectivity index (χ0v) is 14.5. The van der Waals surface area contributed by atoms with E-state index >= 15 is 0 Å². The summed E-state index contributed by atoms with van der Waals surface area (Å²) in [6, 6.07) is 6.49. The minimum Gasteiger partial charge on any atom is -0.481 e. The summed E-state index contributed by atoms with van der Waals surface area (Å²) in [6.45, 7) is 0. The maximum atomic E-state index is 12.5. The topological polar surface area (TPSA) is 108 Å². The van der Waals surface area contributed by atoms with Gasteiger partial charge in [0.25, 0.3) is 5.91 Å². The SMILES string of the molecule is O=C(Nc1nccs1)c1cccc(NC(=O)C2CC=CCC2C(=O)O)c1. The highest BCUT2D eigenvalue weighted by Gasteiger charge is 2.33. The number of carboxylic acid groups (broad SMARTS) is 1. The highest BCUT2D eigenvalue weighted by Crippen LogP contribution is 2.27. The Balaban J connectivity index is 1.70. The molecule has 0 saturated carbocycles. The predicted molar refractivity (Wildman–Crippen MR) is 98.1 cm³/mol. The van der Waals surface area contributed by atoms with Crippen LogP contribution in [0.2, 0.25) is 0 Å². The van der Waals surface area contributed by atoms with Crippen LogP contribution in [0.1, 0.15) is 23.2 Å². The third-order valence-corrected chi connectivity index (χ3v) is 4.82. The molecule has 3 N–H and O–H groups in total. The van der Waals surface area contributed by atoms with E-state index in [0.29, 0.717) is 29.2 Å². The molecule has 2 atom stereocenters. The number of carboxylic acids is 1. The highest BCUT2D eigenvalue weighted by atomic mass is 32.1. The lowest BCUT2D eigenvalue weighted by Gasteiger charge is -2.24. The Morgan fingerprint density at radius 1 is 1.12 bits per heavy atom. The van der Waals surface area contributed by atoms with Gasteiger partial charge in [0.1, 0.15) is 0 Å². The van der Waals surface area contributed by atoms with Crippen molar-refractivity contribution >= 4 is 39.9 Å². The van der Waals surface area contributed by atoms with Crippen LogP contribution in [0.4, 0.5) is 10.8 Å². The second-order valence-electron chi connectivity index (χ2n) is 5.86. The van der Waals surface area contributed by atoms with Crippen molar-refractivity contribution in [2.45, 2.75) is 12.8 Å². The standard InChI is InChI=1S/C18H17N3O4S/c22-15(21-18-19-8-9-26-18)11-4-3-5-12(10-11)20-16(23)13-6-1-2-7-14(13)17(24)25/h1-5,8-10,13-14H,6-7H2,(H,20,23)(H,24,25)(H,19,21,22). The molecule has 1 aliphatic carbocycles. The average Bonchev–Trinajstić information content (AvgIpc) is 3.15. The summed E-state index contributed by atoms with van der Waals surface area (Å²) in [4.78, 5) is 40.1. The Morgan fingerprint density at radius 2 is 1.88 bits per heavy atom. The summed E-state index contributed by atoms with van der Waals surface area (Å²) in [5.74, 6) is -3.05. The molecule has 1 aromatic carbocycles. The molecule has 0 aliphatic heterocycles. The average molecular weight is 371 g/mol. The quantitative estimate of drug-likeness (QED) is 0.700. The molecule has 2 aromatic rings. The molecule has 8 heteroatoms. The van der Waals surface area contributed by atoms with Crippen LogP contribution in [-0.4, -0.2) is 27.9 Å². The molecule has 1 aliphatic rings. The summed E-state index contributed by atoms with van der Waals surface area (Å²) in [6.07, 6.45) is 5.92. The first-order chi connectivity index (χ1) is 12.5. The zero-order valence-electron chi connectivity index (χ0n) is 13.7. The van der Waals surface area contributed by atoms with Crippen LogP contribution in [0.3, 0.4) is 0 Å². The summed E-state index contributed by atoms with van der Waals surface area (Å²) in [5, 5.41) is 16.9. The monoisotopic (exact) mass is 371 g/mol. The van der Waals surface area contributed by atoms with Gasteiger partial charge in [0, 0.05) is 22.8 Å². The molecule has 1 aromatic heterocycles. The Labute approximate surface area is 153 Å². The molecular weight excluding hydrogens is 354 g/mol. The van der Waals surface area contributed by atoms with Gasteiger partial charge in [-0.3, -0.25) is 19.7 Å². The smallest absolute Gasteiger partial charge is 0.307 e. The number of nitrogens with zero attached hydrogens (tertiary/aromatic N) is 1. The molecule has 2 unspecified atom stereocenters. The molecule has 3 rings (SSSR count). The van der Waals surface area contributed by atoms with Gasteiger partial charge in [0.05, 0.1) is 11.8 Å². The number of aliphatic carboxylic acids is 1. The normalized spacial score (nSPS) is 18.9. The Hall–Kier alpha value is -3.00. The van der Waals surface area contributed by atoms with Crippen LogP contribution < -0.4 is 10.6 Å². The number of thiazole rings is 1. The van der Waals surface area contributed by atoms with Gasteiger partial charge in [-0.2, -0.15) is 0 Å². The molecule has 0 radical (unpaired) electrons. The molecule has 0 fully saturated rings. The Bertz CT molecular complexity index is 848. The number of rotatable bonds is 5. The molecule has 0 saturated heterocycles. The van der Waals surface area contributed by atoms with Gasteiger partial charge in [-0.25, -0.2) is 4.98 Å². The number of aromatic nitrogens is 1. The molecule has 7 nitrogen and oxygen atoms in total. The second kappa shape index (κ2) is 7.92. The fourth-order valence-corrected chi connectivity index (χ4v) is 3.33. The molecule has 1 heterocycles. The lowest BCUT2D eigenvalue weighted by molar-refractivity contribution is -0.146. The largest absolute Gasteiger partial charge is 0.481 e. The zero-order chi connectivity index (χ0) is 18.5. The summed E-state index contributed by atoms with van der Waals surface area (Å²) in [7, 11) is 0. The first kappa shape index (κ1) is 17.8. The molecule has 0 spiro atoms.